The number of ether oxygens (including phenoxy) is 1. The van der Waals surface area contributed by atoms with Crippen LogP contribution >= 0.6 is 12.6 Å². The monoisotopic (exact) mass is 253 g/mol. The molecule has 0 aliphatic heterocycles. The van der Waals surface area contributed by atoms with Crippen molar-refractivity contribution in [2.45, 2.75) is 13.8 Å². The fourth-order valence-corrected chi connectivity index (χ4v) is 2.41. The van der Waals surface area contributed by atoms with E-state index in [1.165, 1.54) is 0 Å². The summed E-state index contributed by atoms with van der Waals surface area (Å²) in [5, 5.41) is 0. The second-order valence-corrected chi connectivity index (χ2v) is 5.10. The summed E-state index contributed by atoms with van der Waals surface area (Å²) in [4.78, 5) is 2.25. The van der Waals surface area contributed by atoms with E-state index in [-0.39, 0.29) is 0 Å². The molecule has 0 saturated heterocycles. The Morgan fingerprint density at radius 3 is 2.47 bits per heavy atom. The molecular formula is C14H23NOS. The van der Waals surface area contributed by atoms with Crippen molar-refractivity contribution in [3.8, 4) is 5.75 Å². The molecule has 0 fully saturated rings. The minimum absolute atomic E-state index is 0.591. The van der Waals surface area contributed by atoms with Gasteiger partial charge in [0.1, 0.15) is 5.75 Å². The van der Waals surface area contributed by atoms with Gasteiger partial charge < -0.3 is 9.64 Å². The summed E-state index contributed by atoms with van der Waals surface area (Å²) < 4.78 is 5.38. The molecule has 0 aromatic heterocycles. The molecule has 0 aliphatic carbocycles. The van der Waals surface area contributed by atoms with Gasteiger partial charge in [-0.3, -0.25) is 0 Å². The van der Waals surface area contributed by atoms with Crippen LogP contribution in [0.1, 0.15) is 13.8 Å². The lowest BCUT2D eigenvalue weighted by Crippen LogP contribution is -2.29. The molecule has 3 heteroatoms. The highest BCUT2D eigenvalue weighted by atomic mass is 32.1. The van der Waals surface area contributed by atoms with Crippen molar-refractivity contribution in [3.05, 3.63) is 24.3 Å². The maximum Gasteiger partial charge on any atom is 0.142 e. The molecule has 17 heavy (non-hydrogen) atoms. The lowest BCUT2D eigenvalue weighted by molar-refractivity contribution is 0.407. The van der Waals surface area contributed by atoms with Crippen molar-refractivity contribution < 1.29 is 4.74 Å². The maximum atomic E-state index is 5.38. The Kier molecular flexibility index (Phi) is 5.69. The number of methoxy groups -OCH3 is 1. The second-order valence-electron chi connectivity index (χ2n) is 4.74. The first-order valence-electron chi connectivity index (χ1n) is 6.05. The molecule has 1 unspecified atom stereocenters. The number of anilines is 1. The first-order valence-corrected chi connectivity index (χ1v) is 6.68. The van der Waals surface area contributed by atoms with Crippen LogP contribution in [0.25, 0.3) is 0 Å². The Morgan fingerprint density at radius 1 is 1.29 bits per heavy atom. The second kappa shape index (κ2) is 6.80. The number of hydrogen-bond acceptors (Lipinski definition) is 3. The number of hydrogen-bond donors (Lipinski definition) is 1. The van der Waals surface area contributed by atoms with E-state index in [1.54, 1.807) is 7.11 Å². The molecular weight excluding hydrogens is 230 g/mol. The van der Waals surface area contributed by atoms with E-state index < -0.39 is 0 Å². The number of nitrogens with zero attached hydrogens (tertiary/aromatic N) is 1. The summed E-state index contributed by atoms with van der Waals surface area (Å²) in [6.45, 7) is 5.50. The van der Waals surface area contributed by atoms with Gasteiger partial charge in [0.2, 0.25) is 0 Å². The van der Waals surface area contributed by atoms with Gasteiger partial charge in [0.25, 0.3) is 0 Å². The van der Waals surface area contributed by atoms with Crippen molar-refractivity contribution in [2.75, 3.05) is 31.4 Å². The Bertz CT molecular complexity index is 341. The van der Waals surface area contributed by atoms with E-state index in [9.17, 15) is 0 Å². The van der Waals surface area contributed by atoms with Crippen molar-refractivity contribution in [2.24, 2.45) is 11.8 Å². The van der Waals surface area contributed by atoms with Gasteiger partial charge in [-0.1, -0.05) is 26.0 Å². The number of rotatable bonds is 6. The van der Waals surface area contributed by atoms with Crippen molar-refractivity contribution in [3.63, 3.8) is 0 Å². The maximum absolute atomic E-state index is 5.38. The van der Waals surface area contributed by atoms with Crippen LogP contribution in [0.15, 0.2) is 24.3 Å². The van der Waals surface area contributed by atoms with E-state index in [0.29, 0.717) is 11.8 Å². The molecule has 0 spiro atoms. The van der Waals surface area contributed by atoms with E-state index in [1.807, 2.05) is 18.2 Å². The highest BCUT2D eigenvalue weighted by molar-refractivity contribution is 7.80. The fraction of sp³-hybridized carbons (Fsp3) is 0.571. The lowest BCUT2D eigenvalue weighted by atomic mass is 9.97. The molecule has 96 valence electrons. The largest absolute Gasteiger partial charge is 0.495 e. The molecule has 0 heterocycles. The van der Waals surface area contributed by atoms with E-state index in [0.717, 1.165) is 23.7 Å². The van der Waals surface area contributed by atoms with Crippen LogP contribution < -0.4 is 9.64 Å². The van der Waals surface area contributed by atoms with E-state index in [4.69, 9.17) is 4.74 Å². The normalized spacial score (nSPS) is 12.6. The number of para-hydroxylation sites is 2. The smallest absolute Gasteiger partial charge is 0.142 e. The zero-order valence-corrected chi connectivity index (χ0v) is 12.1. The summed E-state index contributed by atoms with van der Waals surface area (Å²) in [7, 11) is 3.82. The molecule has 0 N–H and O–H groups in total. The van der Waals surface area contributed by atoms with Gasteiger partial charge in [0.05, 0.1) is 12.8 Å². The Hall–Kier alpha value is -0.830. The summed E-state index contributed by atoms with van der Waals surface area (Å²) in [5.74, 6) is 3.08. The number of benzene rings is 1. The van der Waals surface area contributed by atoms with Gasteiger partial charge in [-0.2, -0.15) is 12.6 Å². The van der Waals surface area contributed by atoms with Gasteiger partial charge in [-0.25, -0.2) is 0 Å². The third-order valence-electron chi connectivity index (χ3n) is 3.18. The summed E-state index contributed by atoms with van der Waals surface area (Å²) >= 11 is 4.43. The first-order chi connectivity index (χ1) is 8.10. The Morgan fingerprint density at radius 2 is 1.94 bits per heavy atom. The lowest BCUT2D eigenvalue weighted by Gasteiger charge is -2.28. The molecule has 1 rings (SSSR count). The predicted molar refractivity (Wildman–Crippen MR) is 78.4 cm³/mol. The first kappa shape index (κ1) is 14.2. The molecule has 1 aromatic rings. The summed E-state index contributed by atoms with van der Waals surface area (Å²) in [5.41, 5.74) is 1.14. The molecule has 0 bridgehead atoms. The van der Waals surface area contributed by atoms with Gasteiger partial charge in [-0.05, 0) is 29.7 Å². The molecule has 1 aromatic carbocycles. The van der Waals surface area contributed by atoms with Crippen LogP contribution in [0.4, 0.5) is 5.69 Å². The Balaban J connectivity index is 2.78. The van der Waals surface area contributed by atoms with Crippen molar-refractivity contribution >= 4 is 18.3 Å². The molecule has 0 radical (unpaired) electrons. The van der Waals surface area contributed by atoms with Crippen molar-refractivity contribution in [1.29, 1.82) is 0 Å². The molecule has 2 nitrogen and oxygen atoms in total. The summed E-state index contributed by atoms with van der Waals surface area (Å²) in [6.07, 6.45) is 0. The van der Waals surface area contributed by atoms with Gasteiger partial charge in [0.15, 0.2) is 0 Å². The highest BCUT2D eigenvalue weighted by Crippen LogP contribution is 2.28. The van der Waals surface area contributed by atoms with Gasteiger partial charge in [0, 0.05) is 13.6 Å². The van der Waals surface area contributed by atoms with Crippen LogP contribution in [0.2, 0.25) is 0 Å². The number of thiol groups is 1. The third-order valence-corrected chi connectivity index (χ3v) is 3.65. The Labute approximate surface area is 110 Å². The van der Waals surface area contributed by atoms with Crippen LogP contribution in [-0.2, 0) is 0 Å². The SMILES string of the molecule is COc1ccccc1N(C)CC(CS)C(C)C. The van der Waals surface area contributed by atoms with E-state index in [2.05, 4.69) is 44.5 Å². The highest BCUT2D eigenvalue weighted by Gasteiger charge is 2.16. The zero-order chi connectivity index (χ0) is 12.8. The van der Waals surface area contributed by atoms with Crippen LogP contribution in [0.5, 0.6) is 5.75 Å². The minimum atomic E-state index is 0.591. The predicted octanol–water partition coefficient (Wildman–Crippen LogP) is 3.33. The van der Waals surface area contributed by atoms with Crippen molar-refractivity contribution in [1.82, 2.24) is 0 Å². The standard InChI is InChI=1S/C14H23NOS/c1-11(2)12(10-17)9-15(3)13-7-5-6-8-14(13)16-4/h5-8,11-12,17H,9-10H2,1-4H3. The summed E-state index contributed by atoms with van der Waals surface area (Å²) in [6, 6.07) is 8.12. The fourth-order valence-electron chi connectivity index (χ4n) is 1.87. The third kappa shape index (κ3) is 3.84. The van der Waals surface area contributed by atoms with Crippen LogP contribution in [0.3, 0.4) is 0 Å². The molecule has 0 saturated carbocycles. The average molecular weight is 253 g/mol. The quantitative estimate of drug-likeness (QED) is 0.781. The van der Waals surface area contributed by atoms with E-state index >= 15 is 0 Å². The zero-order valence-electron chi connectivity index (χ0n) is 11.2. The van der Waals surface area contributed by atoms with Crippen LogP contribution in [0, 0.1) is 11.8 Å². The van der Waals surface area contributed by atoms with Gasteiger partial charge >= 0.3 is 0 Å². The molecule has 0 amide bonds. The molecule has 0 aliphatic rings. The minimum Gasteiger partial charge on any atom is -0.495 e. The topological polar surface area (TPSA) is 12.5 Å². The van der Waals surface area contributed by atoms with Gasteiger partial charge in [-0.15, -0.1) is 0 Å². The van der Waals surface area contributed by atoms with Crippen LogP contribution in [-0.4, -0.2) is 26.5 Å². The molecule has 1 atom stereocenters. The average Bonchev–Trinajstić information content (AvgIpc) is 2.35.